The summed E-state index contributed by atoms with van der Waals surface area (Å²) in [6.07, 6.45) is 0. The van der Waals surface area contributed by atoms with Crippen molar-refractivity contribution in [2.24, 2.45) is 0 Å². The molecular formula is C41H49FN2O8S. The summed E-state index contributed by atoms with van der Waals surface area (Å²) < 4.78 is 68.3. The van der Waals surface area contributed by atoms with Gasteiger partial charge in [-0.2, -0.15) is 0 Å². The molecule has 53 heavy (non-hydrogen) atoms. The summed E-state index contributed by atoms with van der Waals surface area (Å²) in [7, 11) is -4.27. The van der Waals surface area contributed by atoms with Crippen LogP contribution in [0.3, 0.4) is 0 Å². The van der Waals surface area contributed by atoms with Crippen molar-refractivity contribution in [2.45, 2.75) is 39.5 Å². The van der Waals surface area contributed by atoms with E-state index in [4.69, 9.17) is 18.6 Å². The van der Waals surface area contributed by atoms with Gasteiger partial charge in [-0.25, -0.2) is 22.2 Å². The number of rotatable bonds is 16. The maximum atomic E-state index is 13.3. The molecule has 0 bridgehead atoms. The molecule has 3 aromatic carbocycles. The van der Waals surface area contributed by atoms with Crippen LogP contribution in [0, 0.1) is 6.92 Å². The van der Waals surface area contributed by atoms with Gasteiger partial charge in [0, 0.05) is 47.4 Å². The molecule has 284 valence electrons. The van der Waals surface area contributed by atoms with Crippen molar-refractivity contribution in [2.75, 3.05) is 70.8 Å². The van der Waals surface area contributed by atoms with E-state index in [-0.39, 0.29) is 24.7 Å². The maximum absolute atomic E-state index is 13.3. The van der Waals surface area contributed by atoms with Crippen molar-refractivity contribution in [1.82, 2.24) is 4.58 Å². The van der Waals surface area contributed by atoms with Gasteiger partial charge in [0.1, 0.15) is 47.8 Å². The lowest BCUT2D eigenvalue weighted by atomic mass is 9.90. The molecule has 0 unspecified atom stereocenters. The van der Waals surface area contributed by atoms with Crippen molar-refractivity contribution in [3.8, 4) is 22.5 Å². The van der Waals surface area contributed by atoms with Gasteiger partial charge in [0.2, 0.25) is 5.36 Å². The maximum Gasteiger partial charge on any atom is 0.338 e. The fourth-order valence-corrected chi connectivity index (χ4v) is 6.43. The minimum atomic E-state index is -4.27. The Labute approximate surface area is 311 Å². The highest BCUT2D eigenvalue weighted by molar-refractivity contribution is 7.85. The van der Waals surface area contributed by atoms with Crippen LogP contribution in [0.1, 0.15) is 43.6 Å². The molecule has 0 spiro atoms. The first-order valence-corrected chi connectivity index (χ1v) is 19.3. The third-order valence-electron chi connectivity index (χ3n) is 8.73. The summed E-state index contributed by atoms with van der Waals surface area (Å²) >= 11 is 0. The Kier molecular flexibility index (Phi) is 15.5. The molecule has 10 nitrogen and oxygen atoms in total. The van der Waals surface area contributed by atoms with Crippen LogP contribution in [-0.2, 0) is 24.3 Å². The number of fused-ring (bicyclic) bond motifs is 2. The number of nitrogens with zero attached hydrogens (tertiary/aromatic N) is 2. The SMILES string of the molecule is CCN(CC)c1ccc2c(-c3ccccc3C(=O)OCCOCCOCCF)c3ccc(=[N+](CC)CC)cc-3oc2c1.Cc1ccc(S(=O)(=O)[O-])cc1. The van der Waals surface area contributed by atoms with Gasteiger partial charge in [-0.3, -0.25) is 0 Å². The van der Waals surface area contributed by atoms with Gasteiger partial charge in [-0.1, -0.05) is 35.9 Å². The van der Waals surface area contributed by atoms with Crippen molar-refractivity contribution in [3.05, 3.63) is 101 Å². The van der Waals surface area contributed by atoms with E-state index in [1.165, 1.54) is 12.1 Å². The molecule has 1 aliphatic carbocycles. The van der Waals surface area contributed by atoms with Gasteiger partial charge >= 0.3 is 5.97 Å². The van der Waals surface area contributed by atoms with Crippen LogP contribution in [0.25, 0.3) is 33.4 Å². The zero-order valence-electron chi connectivity index (χ0n) is 31.1. The second kappa shape index (κ2) is 20.0. The molecule has 0 saturated heterocycles. The monoisotopic (exact) mass is 748 g/mol. The van der Waals surface area contributed by atoms with E-state index in [2.05, 4.69) is 73.6 Å². The molecule has 0 aromatic heterocycles. The lowest BCUT2D eigenvalue weighted by molar-refractivity contribution is 0.0130. The number of esters is 1. The van der Waals surface area contributed by atoms with Gasteiger partial charge in [-0.05, 0) is 76.6 Å². The predicted octanol–water partition coefficient (Wildman–Crippen LogP) is 6.92. The second-order valence-electron chi connectivity index (χ2n) is 12.0. The Bertz CT molecular complexity index is 2090. The summed E-state index contributed by atoms with van der Waals surface area (Å²) in [4.78, 5) is 15.5. The topological polar surface area (TPSA) is 121 Å². The Morgan fingerprint density at radius 2 is 1.47 bits per heavy atom. The van der Waals surface area contributed by atoms with Gasteiger partial charge in [0.15, 0.2) is 0 Å². The summed E-state index contributed by atoms with van der Waals surface area (Å²) in [6, 6.07) is 25.9. The van der Waals surface area contributed by atoms with Crippen molar-refractivity contribution >= 4 is 32.7 Å². The Morgan fingerprint density at radius 3 is 2.11 bits per heavy atom. The third kappa shape index (κ3) is 11.0. The summed E-state index contributed by atoms with van der Waals surface area (Å²) in [6.45, 7) is 14.4. The molecule has 0 amide bonds. The van der Waals surface area contributed by atoms with Crippen LogP contribution in [0.2, 0.25) is 0 Å². The van der Waals surface area contributed by atoms with Gasteiger partial charge in [-0.15, -0.1) is 0 Å². The van der Waals surface area contributed by atoms with E-state index in [1.54, 1.807) is 18.2 Å². The first-order chi connectivity index (χ1) is 25.6. The van der Waals surface area contributed by atoms with Crippen LogP contribution in [0.15, 0.2) is 94.2 Å². The average Bonchev–Trinajstić information content (AvgIpc) is 3.16. The van der Waals surface area contributed by atoms with E-state index in [9.17, 15) is 22.2 Å². The summed E-state index contributed by atoms with van der Waals surface area (Å²) in [5, 5.41) is 2.01. The molecule has 3 aromatic rings. The molecule has 0 fully saturated rings. The predicted molar refractivity (Wildman–Crippen MR) is 205 cm³/mol. The van der Waals surface area contributed by atoms with Gasteiger partial charge < -0.3 is 28.1 Å². The van der Waals surface area contributed by atoms with Gasteiger partial charge in [0.25, 0.3) is 0 Å². The zero-order valence-corrected chi connectivity index (χ0v) is 31.9. The van der Waals surface area contributed by atoms with E-state index < -0.39 is 22.8 Å². The summed E-state index contributed by atoms with van der Waals surface area (Å²) in [5.41, 5.74) is 5.87. The molecule has 2 aliphatic rings. The van der Waals surface area contributed by atoms with Crippen molar-refractivity contribution in [1.29, 1.82) is 0 Å². The number of benzene rings is 4. The van der Waals surface area contributed by atoms with E-state index >= 15 is 0 Å². The number of hydrogen-bond donors (Lipinski definition) is 0. The highest BCUT2D eigenvalue weighted by Gasteiger charge is 2.23. The van der Waals surface area contributed by atoms with Crippen LogP contribution in [0.5, 0.6) is 0 Å². The molecule has 0 atom stereocenters. The number of hydrogen-bond acceptors (Lipinski definition) is 9. The first kappa shape index (κ1) is 41.1. The lowest BCUT2D eigenvalue weighted by Gasteiger charge is -2.22. The largest absolute Gasteiger partial charge is 0.744 e. The molecule has 1 aliphatic heterocycles. The summed E-state index contributed by atoms with van der Waals surface area (Å²) in [5.74, 6) is 0.328. The zero-order chi connectivity index (χ0) is 38.4. The van der Waals surface area contributed by atoms with Crippen LogP contribution in [-0.4, -0.2) is 84.8 Å². The number of aryl methyl sites for hydroxylation is 1. The van der Waals surface area contributed by atoms with Crippen LogP contribution < -0.4 is 14.8 Å². The molecule has 0 saturated carbocycles. The number of anilines is 1. The van der Waals surface area contributed by atoms with E-state index in [0.29, 0.717) is 18.8 Å². The lowest BCUT2D eigenvalue weighted by Crippen LogP contribution is -2.29. The number of halogens is 1. The second-order valence-corrected chi connectivity index (χ2v) is 13.4. The van der Waals surface area contributed by atoms with Crippen LogP contribution in [0.4, 0.5) is 10.1 Å². The minimum Gasteiger partial charge on any atom is -0.744 e. The number of alkyl halides is 1. The number of carbonyl (C=O) groups is 1. The number of ether oxygens (including phenoxy) is 3. The molecule has 0 N–H and O–H groups in total. The van der Waals surface area contributed by atoms with Gasteiger partial charge in [0.05, 0.1) is 43.0 Å². The molecule has 5 rings (SSSR count). The molecular weight excluding hydrogens is 700 g/mol. The van der Waals surface area contributed by atoms with E-state index in [1.807, 2.05) is 25.1 Å². The molecule has 1 heterocycles. The smallest absolute Gasteiger partial charge is 0.338 e. The fraction of sp³-hybridized carbons (Fsp3) is 0.366. The normalized spacial score (nSPS) is 11.3. The Morgan fingerprint density at radius 1 is 0.811 bits per heavy atom. The van der Waals surface area contributed by atoms with Crippen molar-refractivity contribution in [3.63, 3.8) is 0 Å². The third-order valence-corrected chi connectivity index (χ3v) is 9.58. The highest BCUT2D eigenvalue weighted by Crippen LogP contribution is 2.42. The van der Waals surface area contributed by atoms with Crippen LogP contribution >= 0.6 is 0 Å². The average molecular weight is 749 g/mol. The molecule has 0 radical (unpaired) electrons. The minimum absolute atomic E-state index is 0.0544. The Hall–Kier alpha value is -4.62. The standard InChI is InChI=1S/C34H42FN2O5.C7H8O3S/c1-5-36(6-2)25-13-15-29-31(23-25)42-32-24-26(37(7-3)8-4)14-16-30(32)33(29)27-11-9-10-12-28(27)34(38)41-22-21-40-20-19-39-18-17-35;1-6-2-4-7(5-3-6)11(8,9)10/h9-16,23-24H,5-8,17-22H2,1-4H3;2-5H,1H3,(H,8,9,10)/q+1;/p-1. The first-order valence-electron chi connectivity index (χ1n) is 17.9. The number of carbonyl (C=O) groups excluding carboxylic acids is 1. The van der Waals surface area contributed by atoms with E-state index in [0.717, 1.165) is 76.2 Å². The highest BCUT2D eigenvalue weighted by atomic mass is 32.2. The van der Waals surface area contributed by atoms with Crippen molar-refractivity contribution < 1.29 is 40.8 Å². The Balaban J connectivity index is 0.000000488. The fourth-order valence-electron chi connectivity index (χ4n) is 5.96. The quantitative estimate of drug-likeness (QED) is 0.0348. The molecule has 12 heteroatoms.